The molecule has 0 saturated heterocycles. The Balaban J connectivity index is 1.84. The molecule has 6 heteroatoms. The van der Waals surface area contributed by atoms with Crippen LogP contribution in [0.1, 0.15) is 23.1 Å². The topological polar surface area (TPSA) is 75.3 Å². The number of amides is 1. The van der Waals surface area contributed by atoms with Crippen molar-refractivity contribution in [3.63, 3.8) is 0 Å². The molecular formula is C19H22N2O3S. The van der Waals surface area contributed by atoms with Crippen molar-refractivity contribution in [2.24, 2.45) is 0 Å². The van der Waals surface area contributed by atoms with E-state index < -0.39 is 10.0 Å². The fourth-order valence-corrected chi connectivity index (χ4v) is 2.99. The Hall–Kier alpha value is -2.44. The van der Waals surface area contributed by atoms with E-state index in [1.54, 1.807) is 0 Å². The molecule has 132 valence electrons. The summed E-state index contributed by atoms with van der Waals surface area (Å²) in [6.45, 7) is 3.90. The van der Waals surface area contributed by atoms with E-state index in [4.69, 9.17) is 0 Å². The van der Waals surface area contributed by atoms with Gasteiger partial charge in [-0.25, -0.2) is 13.1 Å². The lowest BCUT2D eigenvalue weighted by molar-refractivity contribution is -0.116. The molecule has 0 aromatic heterocycles. The molecule has 0 radical (unpaired) electrons. The van der Waals surface area contributed by atoms with Crippen molar-refractivity contribution in [3.8, 4) is 0 Å². The zero-order valence-electron chi connectivity index (χ0n) is 14.3. The average Bonchev–Trinajstić information content (AvgIpc) is 2.57. The SMILES string of the molecule is Cc1ccc(C)c(NC(=O)CCNS(=O)(=O)C=Cc2ccccc2)c1. The summed E-state index contributed by atoms with van der Waals surface area (Å²) >= 11 is 0. The number of aryl methyl sites for hydroxylation is 2. The summed E-state index contributed by atoms with van der Waals surface area (Å²) in [5.74, 6) is -0.233. The first-order valence-electron chi connectivity index (χ1n) is 7.96. The third-order valence-electron chi connectivity index (χ3n) is 3.56. The van der Waals surface area contributed by atoms with Gasteiger partial charge in [0.1, 0.15) is 0 Å². The standard InChI is InChI=1S/C19H22N2O3S/c1-15-8-9-16(2)18(14-15)21-19(22)10-12-20-25(23,24)13-11-17-6-4-3-5-7-17/h3-9,11,13-14,20H,10,12H2,1-2H3,(H,21,22). The second-order valence-electron chi connectivity index (χ2n) is 5.77. The number of hydrogen-bond donors (Lipinski definition) is 2. The normalized spacial score (nSPS) is 11.6. The molecule has 5 nitrogen and oxygen atoms in total. The van der Waals surface area contributed by atoms with Crippen LogP contribution in [0.2, 0.25) is 0 Å². The quantitative estimate of drug-likeness (QED) is 0.798. The Kier molecular flexibility index (Phi) is 6.50. The molecule has 0 heterocycles. The lowest BCUT2D eigenvalue weighted by Crippen LogP contribution is -2.26. The van der Waals surface area contributed by atoms with Crippen LogP contribution in [0.15, 0.2) is 53.9 Å². The van der Waals surface area contributed by atoms with Crippen molar-refractivity contribution >= 4 is 27.7 Å². The van der Waals surface area contributed by atoms with Gasteiger partial charge in [0.15, 0.2) is 0 Å². The van der Waals surface area contributed by atoms with Crippen molar-refractivity contribution in [1.82, 2.24) is 4.72 Å². The summed E-state index contributed by atoms with van der Waals surface area (Å²) in [4.78, 5) is 12.0. The van der Waals surface area contributed by atoms with Crippen molar-refractivity contribution in [1.29, 1.82) is 0 Å². The van der Waals surface area contributed by atoms with Crippen LogP contribution in [-0.2, 0) is 14.8 Å². The van der Waals surface area contributed by atoms with Gasteiger partial charge < -0.3 is 5.32 Å². The van der Waals surface area contributed by atoms with E-state index in [1.165, 1.54) is 6.08 Å². The maximum atomic E-state index is 12.0. The van der Waals surface area contributed by atoms with Gasteiger partial charge in [0.25, 0.3) is 0 Å². The molecular weight excluding hydrogens is 336 g/mol. The number of carbonyl (C=O) groups excluding carboxylic acids is 1. The number of rotatable bonds is 7. The van der Waals surface area contributed by atoms with E-state index in [-0.39, 0.29) is 18.9 Å². The van der Waals surface area contributed by atoms with E-state index in [2.05, 4.69) is 10.0 Å². The van der Waals surface area contributed by atoms with Crippen LogP contribution in [0.3, 0.4) is 0 Å². The predicted octanol–water partition coefficient (Wildman–Crippen LogP) is 3.22. The Bertz CT molecular complexity index is 859. The largest absolute Gasteiger partial charge is 0.326 e. The van der Waals surface area contributed by atoms with Crippen LogP contribution in [0, 0.1) is 13.8 Å². The van der Waals surface area contributed by atoms with E-state index in [0.29, 0.717) is 0 Å². The third kappa shape index (κ3) is 6.52. The second-order valence-corrected chi connectivity index (χ2v) is 7.42. The first kappa shape index (κ1) is 18.9. The van der Waals surface area contributed by atoms with Crippen LogP contribution in [0.4, 0.5) is 5.69 Å². The zero-order valence-corrected chi connectivity index (χ0v) is 15.1. The molecule has 0 fully saturated rings. The summed E-state index contributed by atoms with van der Waals surface area (Å²) in [5.41, 5.74) is 3.55. The van der Waals surface area contributed by atoms with Gasteiger partial charge >= 0.3 is 0 Å². The molecule has 0 bridgehead atoms. The van der Waals surface area contributed by atoms with Gasteiger partial charge in [-0.1, -0.05) is 42.5 Å². The Morgan fingerprint density at radius 3 is 2.52 bits per heavy atom. The summed E-state index contributed by atoms with van der Waals surface area (Å²) in [5, 5.41) is 3.91. The molecule has 0 aliphatic carbocycles. The van der Waals surface area contributed by atoms with Gasteiger partial charge in [0, 0.05) is 24.1 Å². The van der Waals surface area contributed by atoms with Crippen molar-refractivity contribution in [3.05, 3.63) is 70.6 Å². The molecule has 2 rings (SSSR count). The maximum Gasteiger partial charge on any atom is 0.233 e. The van der Waals surface area contributed by atoms with Crippen molar-refractivity contribution in [2.75, 3.05) is 11.9 Å². The van der Waals surface area contributed by atoms with Crippen molar-refractivity contribution in [2.45, 2.75) is 20.3 Å². The lowest BCUT2D eigenvalue weighted by atomic mass is 10.1. The Morgan fingerprint density at radius 1 is 1.08 bits per heavy atom. The van der Waals surface area contributed by atoms with Gasteiger partial charge in [0.2, 0.25) is 15.9 Å². The number of carbonyl (C=O) groups is 1. The predicted molar refractivity (Wildman–Crippen MR) is 102 cm³/mol. The third-order valence-corrected chi connectivity index (χ3v) is 4.66. The molecule has 0 spiro atoms. The monoisotopic (exact) mass is 358 g/mol. The molecule has 25 heavy (non-hydrogen) atoms. The number of anilines is 1. The lowest BCUT2D eigenvalue weighted by Gasteiger charge is -2.09. The number of sulfonamides is 1. The highest BCUT2D eigenvalue weighted by Gasteiger charge is 2.08. The van der Waals surface area contributed by atoms with Gasteiger partial charge in [0.05, 0.1) is 0 Å². The molecule has 2 N–H and O–H groups in total. The van der Waals surface area contributed by atoms with Gasteiger partial charge in [-0.2, -0.15) is 0 Å². The van der Waals surface area contributed by atoms with Gasteiger partial charge in [-0.15, -0.1) is 0 Å². The van der Waals surface area contributed by atoms with Crippen LogP contribution >= 0.6 is 0 Å². The van der Waals surface area contributed by atoms with Gasteiger partial charge in [-0.05, 0) is 42.7 Å². The summed E-state index contributed by atoms with van der Waals surface area (Å²) in [6, 6.07) is 14.9. The van der Waals surface area contributed by atoms with Gasteiger partial charge in [-0.3, -0.25) is 4.79 Å². The minimum atomic E-state index is -3.57. The summed E-state index contributed by atoms with van der Waals surface area (Å²) in [7, 11) is -3.57. The minimum Gasteiger partial charge on any atom is -0.326 e. The molecule has 2 aromatic carbocycles. The molecule has 0 saturated carbocycles. The first-order chi connectivity index (χ1) is 11.9. The number of benzene rings is 2. The van der Waals surface area contributed by atoms with Crippen LogP contribution in [0.5, 0.6) is 0 Å². The highest BCUT2D eigenvalue weighted by Crippen LogP contribution is 2.16. The number of hydrogen-bond acceptors (Lipinski definition) is 3. The van der Waals surface area contributed by atoms with E-state index in [1.807, 2.05) is 62.4 Å². The van der Waals surface area contributed by atoms with E-state index in [9.17, 15) is 13.2 Å². The molecule has 0 atom stereocenters. The van der Waals surface area contributed by atoms with E-state index in [0.717, 1.165) is 27.8 Å². The minimum absolute atomic E-state index is 0.0398. The molecule has 0 aliphatic rings. The molecule has 0 aliphatic heterocycles. The Labute approximate surface area is 148 Å². The summed E-state index contributed by atoms with van der Waals surface area (Å²) in [6.07, 6.45) is 1.57. The second kappa shape index (κ2) is 8.60. The highest BCUT2D eigenvalue weighted by molar-refractivity contribution is 7.92. The first-order valence-corrected chi connectivity index (χ1v) is 9.50. The number of nitrogens with one attached hydrogen (secondary N) is 2. The fourth-order valence-electron chi connectivity index (χ4n) is 2.17. The summed E-state index contributed by atoms with van der Waals surface area (Å²) < 4.78 is 26.2. The smallest absolute Gasteiger partial charge is 0.233 e. The van der Waals surface area contributed by atoms with Crippen LogP contribution in [-0.4, -0.2) is 20.9 Å². The van der Waals surface area contributed by atoms with Crippen molar-refractivity contribution < 1.29 is 13.2 Å². The fraction of sp³-hybridized carbons (Fsp3) is 0.211. The van der Waals surface area contributed by atoms with Crippen LogP contribution < -0.4 is 10.0 Å². The zero-order chi connectivity index (χ0) is 18.3. The average molecular weight is 358 g/mol. The van der Waals surface area contributed by atoms with E-state index >= 15 is 0 Å². The molecule has 2 aromatic rings. The molecule has 1 amide bonds. The maximum absolute atomic E-state index is 12.0. The highest BCUT2D eigenvalue weighted by atomic mass is 32.2. The Morgan fingerprint density at radius 2 is 1.80 bits per heavy atom. The van der Waals surface area contributed by atoms with Crippen LogP contribution in [0.25, 0.3) is 6.08 Å². The molecule has 0 unspecified atom stereocenters.